The van der Waals surface area contributed by atoms with Crippen molar-refractivity contribution in [3.05, 3.63) is 75.3 Å². The molecule has 0 bridgehead atoms. The van der Waals surface area contributed by atoms with Crippen LogP contribution in [0.4, 0.5) is 0 Å². The average Bonchev–Trinajstić information content (AvgIpc) is 2.71. The van der Waals surface area contributed by atoms with Crippen molar-refractivity contribution in [3.8, 4) is 0 Å². The van der Waals surface area contributed by atoms with Gasteiger partial charge in [-0.2, -0.15) is 0 Å². The second kappa shape index (κ2) is 9.84. The van der Waals surface area contributed by atoms with Gasteiger partial charge in [-0.3, -0.25) is 4.79 Å². The van der Waals surface area contributed by atoms with E-state index in [0.29, 0.717) is 5.92 Å². The number of carbonyl (C=O) groups is 1. The van der Waals surface area contributed by atoms with Crippen LogP contribution in [0.3, 0.4) is 0 Å². The van der Waals surface area contributed by atoms with Crippen LogP contribution in [-0.2, 0) is 6.42 Å². The van der Waals surface area contributed by atoms with Crippen LogP contribution in [0.5, 0.6) is 0 Å². The molecule has 1 aliphatic carbocycles. The fourth-order valence-electron chi connectivity index (χ4n) is 3.70. The van der Waals surface area contributed by atoms with E-state index >= 15 is 0 Å². The van der Waals surface area contributed by atoms with Crippen LogP contribution >= 0.6 is 15.9 Å². The minimum atomic E-state index is 0.135. The fourth-order valence-corrected chi connectivity index (χ4v) is 3.97. The fraction of sp³-hybridized carbons (Fsp3) is 0.400. The van der Waals surface area contributed by atoms with Crippen molar-refractivity contribution in [2.45, 2.75) is 25.7 Å². The molecule has 0 aromatic heterocycles. The summed E-state index contributed by atoms with van der Waals surface area (Å²) >= 11 is 3.46. The number of nitrogens with zero attached hydrogens (tertiary/aromatic N) is 2. The lowest BCUT2D eigenvalue weighted by Gasteiger charge is -2.22. The van der Waals surface area contributed by atoms with E-state index in [1.165, 1.54) is 5.56 Å². The summed E-state index contributed by atoms with van der Waals surface area (Å²) in [6.07, 6.45) is 4.02. The third-order valence-corrected chi connectivity index (χ3v) is 6.27. The molecule has 3 rings (SSSR count). The number of allylic oxidation sites excluding steroid dienone is 2. The van der Waals surface area contributed by atoms with Gasteiger partial charge in [-0.05, 0) is 75.3 Å². The summed E-state index contributed by atoms with van der Waals surface area (Å²) in [4.78, 5) is 17.6. The van der Waals surface area contributed by atoms with E-state index in [4.69, 9.17) is 0 Å². The molecule has 0 heterocycles. The number of likely N-dealkylation sites (N-methyl/N-ethyl adjacent to an activating group) is 2. The molecular weight excluding hydrogens is 424 g/mol. The number of hydrogen-bond donors (Lipinski definition) is 0. The molecule has 0 saturated carbocycles. The molecule has 1 atom stereocenters. The Bertz CT molecular complexity index is 886. The van der Waals surface area contributed by atoms with Crippen molar-refractivity contribution >= 4 is 27.3 Å². The first-order chi connectivity index (χ1) is 13.8. The minimum Gasteiger partial charge on any atom is -0.308 e. The minimum absolute atomic E-state index is 0.135. The number of carbonyl (C=O) groups excluding carboxylic acids is 1. The van der Waals surface area contributed by atoms with Gasteiger partial charge in [0.1, 0.15) is 0 Å². The zero-order valence-corrected chi connectivity index (χ0v) is 19.5. The third-order valence-electron chi connectivity index (χ3n) is 5.74. The van der Waals surface area contributed by atoms with Crippen molar-refractivity contribution in [3.63, 3.8) is 0 Å². The zero-order chi connectivity index (χ0) is 21.0. The number of Topliss-reactive ketones (excluding diaryl/α,β-unsaturated/α-hetero) is 1. The SMILES string of the molecule is C[C@@H](CCN(C)CCN(C)C)c1ccc2c(c1)CC=C(c1ccc(Br)cc1)C2=O. The molecule has 0 unspecified atom stereocenters. The average molecular weight is 455 g/mol. The van der Waals surface area contributed by atoms with E-state index in [9.17, 15) is 4.79 Å². The van der Waals surface area contributed by atoms with Gasteiger partial charge in [0.2, 0.25) is 0 Å². The number of ketones is 1. The second-order valence-electron chi connectivity index (χ2n) is 8.37. The van der Waals surface area contributed by atoms with Crippen molar-refractivity contribution in [1.82, 2.24) is 9.80 Å². The van der Waals surface area contributed by atoms with Gasteiger partial charge < -0.3 is 9.80 Å². The molecule has 0 aliphatic heterocycles. The third kappa shape index (κ3) is 5.65. The summed E-state index contributed by atoms with van der Waals surface area (Å²) in [6.45, 7) is 5.54. The van der Waals surface area contributed by atoms with E-state index in [1.54, 1.807) is 0 Å². The normalized spacial score (nSPS) is 14.9. The van der Waals surface area contributed by atoms with Gasteiger partial charge in [0, 0.05) is 28.7 Å². The predicted octanol–water partition coefficient (Wildman–Crippen LogP) is 5.26. The number of halogens is 1. The summed E-state index contributed by atoms with van der Waals surface area (Å²) in [5, 5.41) is 0. The first-order valence-corrected chi connectivity index (χ1v) is 11.1. The molecule has 1 aliphatic rings. The molecule has 0 spiro atoms. The molecule has 3 nitrogen and oxygen atoms in total. The topological polar surface area (TPSA) is 23.6 Å². The maximum atomic E-state index is 13.0. The first-order valence-electron chi connectivity index (χ1n) is 10.3. The first kappa shape index (κ1) is 21.9. The molecule has 0 saturated heterocycles. The number of rotatable bonds is 8. The molecule has 0 fully saturated rings. The molecule has 0 amide bonds. The Morgan fingerprint density at radius 2 is 1.72 bits per heavy atom. The highest BCUT2D eigenvalue weighted by molar-refractivity contribution is 9.10. The van der Waals surface area contributed by atoms with Crippen LogP contribution in [0.15, 0.2) is 53.0 Å². The van der Waals surface area contributed by atoms with Gasteiger partial charge in [-0.1, -0.05) is 59.3 Å². The van der Waals surface area contributed by atoms with Crippen molar-refractivity contribution in [2.24, 2.45) is 0 Å². The summed E-state index contributed by atoms with van der Waals surface area (Å²) in [5.41, 5.74) is 5.14. The van der Waals surface area contributed by atoms with E-state index in [2.05, 4.69) is 72.0 Å². The smallest absolute Gasteiger partial charge is 0.193 e. The summed E-state index contributed by atoms with van der Waals surface area (Å²) in [5.74, 6) is 0.616. The summed E-state index contributed by atoms with van der Waals surface area (Å²) in [7, 11) is 6.42. The Hall–Kier alpha value is -1.75. The van der Waals surface area contributed by atoms with Crippen LogP contribution < -0.4 is 0 Å². The Morgan fingerprint density at radius 1 is 1.00 bits per heavy atom. The maximum Gasteiger partial charge on any atom is 0.193 e. The number of fused-ring (bicyclic) bond motifs is 1. The molecular formula is C25H31BrN2O. The van der Waals surface area contributed by atoms with Gasteiger partial charge in [0.15, 0.2) is 5.78 Å². The maximum absolute atomic E-state index is 13.0. The van der Waals surface area contributed by atoms with E-state index in [1.807, 2.05) is 30.3 Å². The Morgan fingerprint density at radius 3 is 2.41 bits per heavy atom. The number of benzene rings is 2. The molecule has 154 valence electrons. The van der Waals surface area contributed by atoms with Gasteiger partial charge in [-0.25, -0.2) is 0 Å². The van der Waals surface area contributed by atoms with Gasteiger partial charge in [0.25, 0.3) is 0 Å². The highest BCUT2D eigenvalue weighted by atomic mass is 79.9. The van der Waals surface area contributed by atoms with Crippen LogP contribution in [0.25, 0.3) is 5.57 Å². The quantitative estimate of drug-likeness (QED) is 0.543. The lowest BCUT2D eigenvalue weighted by Crippen LogP contribution is -2.29. The summed E-state index contributed by atoms with van der Waals surface area (Å²) < 4.78 is 1.02. The zero-order valence-electron chi connectivity index (χ0n) is 17.9. The monoisotopic (exact) mass is 454 g/mol. The number of hydrogen-bond acceptors (Lipinski definition) is 3. The van der Waals surface area contributed by atoms with E-state index < -0.39 is 0 Å². The highest BCUT2D eigenvalue weighted by Crippen LogP contribution is 2.31. The van der Waals surface area contributed by atoms with E-state index in [0.717, 1.165) is 59.2 Å². The Labute approximate surface area is 183 Å². The van der Waals surface area contributed by atoms with Crippen LogP contribution in [0.1, 0.15) is 46.3 Å². The summed E-state index contributed by atoms with van der Waals surface area (Å²) in [6, 6.07) is 14.4. The predicted molar refractivity (Wildman–Crippen MR) is 126 cm³/mol. The Kier molecular flexibility index (Phi) is 7.44. The van der Waals surface area contributed by atoms with Gasteiger partial charge in [0.05, 0.1) is 0 Å². The molecule has 0 radical (unpaired) electrons. The van der Waals surface area contributed by atoms with Crippen LogP contribution in [0, 0.1) is 0 Å². The van der Waals surface area contributed by atoms with Crippen LogP contribution in [0.2, 0.25) is 0 Å². The van der Waals surface area contributed by atoms with Crippen molar-refractivity contribution in [2.75, 3.05) is 40.8 Å². The molecule has 2 aromatic rings. The molecule has 4 heteroatoms. The highest BCUT2D eigenvalue weighted by Gasteiger charge is 2.22. The molecule has 29 heavy (non-hydrogen) atoms. The van der Waals surface area contributed by atoms with E-state index in [-0.39, 0.29) is 5.78 Å². The largest absolute Gasteiger partial charge is 0.308 e. The van der Waals surface area contributed by atoms with Crippen LogP contribution in [-0.4, -0.2) is 56.4 Å². The second-order valence-corrected chi connectivity index (χ2v) is 9.29. The van der Waals surface area contributed by atoms with Gasteiger partial charge >= 0.3 is 0 Å². The molecule has 0 N–H and O–H groups in total. The Balaban J connectivity index is 1.66. The van der Waals surface area contributed by atoms with Crippen molar-refractivity contribution in [1.29, 1.82) is 0 Å². The van der Waals surface area contributed by atoms with Crippen molar-refractivity contribution < 1.29 is 4.79 Å². The lowest BCUT2D eigenvalue weighted by atomic mass is 9.84. The van der Waals surface area contributed by atoms with Gasteiger partial charge in [-0.15, -0.1) is 0 Å². The molecule has 2 aromatic carbocycles. The lowest BCUT2D eigenvalue weighted by molar-refractivity contribution is 0.105. The standard InChI is InChI=1S/C25H31BrN2O/c1-18(13-14-28(4)16-15-27(2)3)20-7-11-24-21(17-20)8-12-23(25(24)29)19-5-9-22(26)10-6-19/h5-7,9-12,17-18H,8,13-16H2,1-4H3/t18-/m0/s1.